The molecule has 5 nitrogen and oxygen atoms in total. The van der Waals surface area contributed by atoms with Crippen molar-refractivity contribution < 1.29 is 10.0 Å². The molecule has 7 heteroatoms. The van der Waals surface area contributed by atoms with Crippen LogP contribution in [0.5, 0.6) is 5.75 Å². The van der Waals surface area contributed by atoms with E-state index in [1.54, 1.807) is 24.3 Å². The number of phenolic OH excluding ortho intramolecular Hbond substituents is 1. The molecule has 0 saturated heterocycles. The summed E-state index contributed by atoms with van der Waals surface area (Å²) in [5, 5.41) is 21.1. The number of nitro groups is 1. The molecule has 22 heavy (non-hydrogen) atoms. The number of hydrogen-bond acceptors (Lipinski definition) is 5. The first-order valence-corrected chi connectivity index (χ1v) is 7.44. The highest BCUT2D eigenvalue weighted by Gasteiger charge is 2.09. The van der Waals surface area contributed by atoms with Gasteiger partial charge < -0.3 is 5.11 Å². The van der Waals surface area contributed by atoms with Crippen LogP contribution in [-0.4, -0.2) is 15.0 Å². The maximum absolute atomic E-state index is 10.8. The molecule has 1 aromatic heterocycles. The first kappa shape index (κ1) is 14.5. The van der Waals surface area contributed by atoms with Crippen LogP contribution in [0.25, 0.3) is 22.4 Å². The molecule has 0 aliphatic heterocycles. The summed E-state index contributed by atoms with van der Waals surface area (Å²) in [4.78, 5) is 14.7. The van der Waals surface area contributed by atoms with Crippen LogP contribution in [0.3, 0.4) is 0 Å². The van der Waals surface area contributed by atoms with E-state index in [4.69, 9.17) is 11.6 Å². The fourth-order valence-corrected chi connectivity index (χ4v) is 2.95. The highest BCUT2D eigenvalue weighted by molar-refractivity contribution is 7.19. The number of nitro benzene ring substituents is 1. The summed E-state index contributed by atoms with van der Waals surface area (Å²) in [6.07, 6.45) is 3.62. The van der Waals surface area contributed by atoms with E-state index in [1.807, 2.05) is 6.08 Å². The van der Waals surface area contributed by atoms with Crippen LogP contribution in [0, 0.1) is 10.1 Å². The highest BCUT2D eigenvalue weighted by Crippen LogP contribution is 2.28. The second kappa shape index (κ2) is 5.75. The molecule has 0 atom stereocenters. The molecule has 0 spiro atoms. The van der Waals surface area contributed by atoms with Gasteiger partial charge >= 0.3 is 0 Å². The number of phenols is 1. The monoisotopic (exact) mass is 332 g/mol. The molecular weight excluding hydrogens is 324 g/mol. The molecular formula is C15H9ClN2O3S. The Bertz CT molecular complexity index is 905. The molecule has 0 aliphatic carbocycles. The zero-order chi connectivity index (χ0) is 15.7. The molecule has 0 bridgehead atoms. The lowest BCUT2D eigenvalue weighted by Gasteiger charge is -1.97. The molecule has 1 N–H and O–H groups in total. The molecule has 110 valence electrons. The lowest BCUT2D eigenvalue weighted by molar-refractivity contribution is -0.384. The Morgan fingerprint density at radius 1 is 1.23 bits per heavy atom. The summed E-state index contributed by atoms with van der Waals surface area (Å²) >= 11 is 7.29. The minimum atomic E-state index is -0.438. The van der Waals surface area contributed by atoms with Crippen LogP contribution in [-0.2, 0) is 0 Å². The average Bonchev–Trinajstić information content (AvgIpc) is 2.90. The third-order valence-corrected chi connectivity index (χ3v) is 4.29. The summed E-state index contributed by atoms with van der Waals surface area (Å²) in [6, 6.07) is 9.51. The van der Waals surface area contributed by atoms with E-state index in [9.17, 15) is 15.2 Å². The Hall–Kier alpha value is -2.44. The van der Waals surface area contributed by atoms with Crippen molar-refractivity contribution in [2.75, 3.05) is 0 Å². The normalized spacial score (nSPS) is 11.3. The number of rotatable bonds is 3. The van der Waals surface area contributed by atoms with Crippen LogP contribution in [0.4, 0.5) is 5.69 Å². The maximum atomic E-state index is 10.8. The number of nitrogens with zero attached hydrogens (tertiary/aromatic N) is 2. The zero-order valence-electron chi connectivity index (χ0n) is 11.1. The Kier molecular flexibility index (Phi) is 3.79. The minimum Gasteiger partial charge on any atom is -0.506 e. The zero-order valence-corrected chi connectivity index (χ0v) is 12.6. The third-order valence-electron chi connectivity index (χ3n) is 2.99. The van der Waals surface area contributed by atoms with Crippen molar-refractivity contribution in [3.05, 3.63) is 62.1 Å². The van der Waals surface area contributed by atoms with Gasteiger partial charge in [-0.25, -0.2) is 4.98 Å². The number of fused-ring (bicyclic) bond motifs is 1. The standard InChI is InChI=1S/C15H9ClN2O3S/c16-11-7-9(1-4-13(11)19)2-6-15-17-12-8-10(18(20)21)3-5-14(12)22-15/h1-8,19H. The second-order valence-corrected chi connectivity index (χ2v) is 5.97. The first-order chi connectivity index (χ1) is 10.5. The SMILES string of the molecule is O=[N+]([O-])c1ccc2sc(C=Cc3ccc(O)c(Cl)c3)nc2c1. The smallest absolute Gasteiger partial charge is 0.271 e. The van der Waals surface area contributed by atoms with Gasteiger partial charge in [-0.3, -0.25) is 10.1 Å². The topological polar surface area (TPSA) is 76.3 Å². The van der Waals surface area contributed by atoms with Crippen LogP contribution >= 0.6 is 22.9 Å². The Labute approximate surface area is 134 Å². The number of aromatic hydroxyl groups is 1. The largest absolute Gasteiger partial charge is 0.506 e. The Balaban J connectivity index is 1.91. The van der Waals surface area contributed by atoms with Gasteiger partial charge in [0.15, 0.2) is 0 Å². The van der Waals surface area contributed by atoms with Gasteiger partial charge in [0.25, 0.3) is 5.69 Å². The first-order valence-electron chi connectivity index (χ1n) is 6.24. The van der Waals surface area contributed by atoms with E-state index in [-0.39, 0.29) is 16.5 Å². The molecule has 2 aromatic carbocycles. The molecule has 3 rings (SSSR count). The minimum absolute atomic E-state index is 0.0265. The van der Waals surface area contributed by atoms with E-state index < -0.39 is 4.92 Å². The van der Waals surface area contributed by atoms with Crippen LogP contribution in [0.15, 0.2) is 36.4 Å². The predicted molar refractivity (Wildman–Crippen MR) is 88.3 cm³/mol. The fraction of sp³-hybridized carbons (Fsp3) is 0. The maximum Gasteiger partial charge on any atom is 0.271 e. The van der Waals surface area contributed by atoms with Crippen LogP contribution < -0.4 is 0 Å². The average molecular weight is 333 g/mol. The van der Waals surface area contributed by atoms with E-state index in [1.165, 1.54) is 29.5 Å². The Morgan fingerprint density at radius 2 is 2.05 bits per heavy atom. The second-order valence-electron chi connectivity index (χ2n) is 4.51. The van der Waals surface area contributed by atoms with Crippen molar-refractivity contribution in [1.82, 2.24) is 4.98 Å². The summed E-state index contributed by atoms with van der Waals surface area (Å²) in [7, 11) is 0. The molecule has 0 fully saturated rings. The number of hydrogen-bond donors (Lipinski definition) is 1. The molecule has 3 aromatic rings. The van der Waals surface area contributed by atoms with Gasteiger partial charge in [0.05, 0.1) is 20.2 Å². The quantitative estimate of drug-likeness (QED) is 0.555. The van der Waals surface area contributed by atoms with Gasteiger partial charge in [0.1, 0.15) is 10.8 Å². The summed E-state index contributed by atoms with van der Waals surface area (Å²) in [6.45, 7) is 0. The number of halogens is 1. The van der Waals surface area contributed by atoms with Crippen molar-refractivity contribution in [3.8, 4) is 5.75 Å². The fourth-order valence-electron chi connectivity index (χ4n) is 1.91. The summed E-state index contributed by atoms with van der Waals surface area (Å²) in [5.74, 6) is 0.0334. The highest BCUT2D eigenvalue weighted by atomic mass is 35.5. The van der Waals surface area contributed by atoms with Crippen LogP contribution in [0.2, 0.25) is 5.02 Å². The van der Waals surface area contributed by atoms with Gasteiger partial charge in [-0.1, -0.05) is 23.7 Å². The molecule has 0 unspecified atom stereocenters. The molecule has 1 heterocycles. The summed E-state index contributed by atoms with van der Waals surface area (Å²) < 4.78 is 0.883. The van der Waals surface area contributed by atoms with Gasteiger partial charge in [0, 0.05) is 12.1 Å². The van der Waals surface area contributed by atoms with E-state index >= 15 is 0 Å². The predicted octanol–water partition coefficient (Wildman–Crippen LogP) is 4.73. The summed E-state index contributed by atoms with van der Waals surface area (Å²) in [5.41, 5.74) is 1.45. The van der Waals surface area contributed by atoms with Crippen LogP contribution in [0.1, 0.15) is 10.6 Å². The van der Waals surface area contributed by atoms with Crippen molar-refractivity contribution in [3.63, 3.8) is 0 Å². The lowest BCUT2D eigenvalue weighted by Crippen LogP contribution is -1.86. The van der Waals surface area contributed by atoms with Crippen molar-refractivity contribution >= 4 is 51.0 Å². The molecule has 0 radical (unpaired) electrons. The van der Waals surface area contributed by atoms with Crippen molar-refractivity contribution in [1.29, 1.82) is 0 Å². The number of aromatic nitrogens is 1. The molecule has 0 amide bonds. The van der Waals surface area contributed by atoms with E-state index in [0.717, 1.165) is 15.3 Å². The molecule has 0 saturated carbocycles. The van der Waals surface area contributed by atoms with Gasteiger partial charge in [-0.15, -0.1) is 11.3 Å². The van der Waals surface area contributed by atoms with Crippen molar-refractivity contribution in [2.24, 2.45) is 0 Å². The van der Waals surface area contributed by atoms with Gasteiger partial charge in [-0.2, -0.15) is 0 Å². The van der Waals surface area contributed by atoms with E-state index in [0.29, 0.717) is 5.52 Å². The molecule has 0 aliphatic rings. The Morgan fingerprint density at radius 3 is 2.77 bits per heavy atom. The lowest BCUT2D eigenvalue weighted by atomic mass is 10.2. The third kappa shape index (κ3) is 2.93. The van der Waals surface area contributed by atoms with Crippen molar-refractivity contribution in [2.45, 2.75) is 0 Å². The van der Waals surface area contributed by atoms with Gasteiger partial charge in [0.2, 0.25) is 0 Å². The number of non-ortho nitro benzene ring substituents is 1. The van der Waals surface area contributed by atoms with Gasteiger partial charge in [-0.05, 0) is 29.8 Å². The van der Waals surface area contributed by atoms with E-state index in [2.05, 4.69) is 4.98 Å². The number of thiazole rings is 1. The number of benzene rings is 2.